The molecule has 1 aliphatic rings. The quantitative estimate of drug-likeness (QED) is 0.339. The Kier molecular flexibility index (Phi) is 10.0. The minimum Gasteiger partial charge on any atom is -0.495 e. The maximum atomic E-state index is 13.6. The standard InChI is InChI=1S/C28H28ClF2N3O7/c1-38-25-13-34(27(36)11-20(25)19-9-17(29)3-5-24(19)41-15-26(30)31)22(10-18-14-39-6-7-40-18)23(35)8-16-2-4-21(28(32)37)33-12-16/h2-5,9,11-13,18,22,26H,6-8,10,14-15H2,1H3,(H2,32,37). The van der Waals surface area contributed by atoms with E-state index in [1.54, 1.807) is 6.07 Å². The van der Waals surface area contributed by atoms with Gasteiger partial charge in [-0.3, -0.25) is 19.4 Å². The van der Waals surface area contributed by atoms with Crippen molar-refractivity contribution in [1.82, 2.24) is 9.55 Å². The number of methoxy groups -OCH3 is 1. The van der Waals surface area contributed by atoms with Crippen molar-refractivity contribution < 1.29 is 37.3 Å². The van der Waals surface area contributed by atoms with Gasteiger partial charge in [0.1, 0.15) is 23.8 Å². The average Bonchev–Trinajstić information content (AvgIpc) is 2.96. The Morgan fingerprint density at radius 1 is 1.17 bits per heavy atom. The fourth-order valence-corrected chi connectivity index (χ4v) is 4.62. The number of nitrogens with zero attached hydrogens (tertiary/aromatic N) is 2. The van der Waals surface area contributed by atoms with Crippen molar-refractivity contribution >= 4 is 23.3 Å². The van der Waals surface area contributed by atoms with Gasteiger partial charge in [-0.25, -0.2) is 8.78 Å². The molecule has 218 valence electrons. The van der Waals surface area contributed by atoms with Gasteiger partial charge < -0.3 is 29.2 Å². The lowest BCUT2D eigenvalue weighted by Gasteiger charge is -2.28. The van der Waals surface area contributed by atoms with Crippen LogP contribution in [0.1, 0.15) is 28.5 Å². The summed E-state index contributed by atoms with van der Waals surface area (Å²) in [6, 6.07) is 7.61. The third kappa shape index (κ3) is 7.66. The Morgan fingerprint density at radius 3 is 2.59 bits per heavy atom. The molecule has 10 nitrogen and oxygen atoms in total. The summed E-state index contributed by atoms with van der Waals surface area (Å²) < 4.78 is 49.0. The van der Waals surface area contributed by atoms with Gasteiger partial charge in [-0.15, -0.1) is 0 Å². The van der Waals surface area contributed by atoms with Crippen LogP contribution in [0.4, 0.5) is 8.78 Å². The van der Waals surface area contributed by atoms with Crippen LogP contribution in [-0.2, 0) is 20.7 Å². The molecule has 1 aromatic carbocycles. The van der Waals surface area contributed by atoms with E-state index in [-0.39, 0.29) is 58.6 Å². The van der Waals surface area contributed by atoms with Crippen molar-refractivity contribution in [3.05, 3.63) is 75.4 Å². The number of ketones is 1. The third-order valence-electron chi connectivity index (χ3n) is 6.39. The van der Waals surface area contributed by atoms with Gasteiger partial charge in [-0.1, -0.05) is 17.7 Å². The first-order chi connectivity index (χ1) is 19.7. The second-order valence-electron chi connectivity index (χ2n) is 9.22. The van der Waals surface area contributed by atoms with Gasteiger partial charge in [0.15, 0.2) is 5.78 Å². The summed E-state index contributed by atoms with van der Waals surface area (Å²) in [4.78, 5) is 42.5. The summed E-state index contributed by atoms with van der Waals surface area (Å²) >= 11 is 6.17. The molecule has 2 N–H and O–H groups in total. The minimum absolute atomic E-state index is 0.0555. The average molecular weight is 592 g/mol. The molecule has 0 spiro atoms. The number of primary amides is 1. The lowest BCUT2D eigenvalue weighted by molar-refractivity contribution is -0.126. The summed E-state index contributed by atoms with van der Waals surface area (Å²) in [7, 11) is 1.37. The number of hydrogen-bond donors (Lipinski definition) is 1. The zero-order valence-electron chi connectivity index (χ0n) is 22.1. The van der Waals surface area contributed by atoms with Crippen molar-refractivity contribution in [2.45, 2.75) is 31.4 Å². The first-order valence-corrected chi connectivity index (χ1v) is 13.0. The predicted octanol–water partition coefficient (Wildman–Crippen LogP) is 3.47. The molecule has 3 aromatic rings. The second kappa shape index (κ2) is 13.7. The Labute approximate surface area is 238 Å². The van der Waals surface area contributed by atoms with Crippen LogP contribution in [-0.4, -0.2) is 67.3 Å². The molecule has 0 aliphatic carbocycles. The van der Waals surface area contributed by atoms with Gasteiger partial charge in [0.05, 0.1) is 45.3 Å². The van der Waals surface area contributed by atoms with Crippen LogP contribution in [0, 0.1) is 0 Å². The summed E-state index contributed by atoms with van der Waals surface area (Å²) in [6.07, 6.45) is -0.367. The first kappa shape index (κ1) is 30.1. The molecule has 4 rings (SSSR count). The molecule has 3 heterocycles. The maximum Gasteiger partial charge on any atom is 0.272 e. The Bertz CT molecular complexity index is 1440. The highest BCUT2D eigenvalue weighted by atomic mass is 35.5. The number of hydrogen-bond acceptors (Lipinski definition) is 8. The molecule has 1 amide bonds. The van der Waals surface area contributed by atoms with Crippen LogP contribution in [0.3, 0.4) is 0 Å². The van der Waals surface area contributed by atoms with E-state index in [1.165, 1.54) is 54.4 Å². The molecule has 0 radical (unpaired) electrons. The topological polar surface area (TPSA) is 132 Å². The molecule has 2 atom stereocenters. The van der Waals surface area contributed by atoms with Crippen molar-refractivity contribution in [3.8, 4) is 22.6 Å². The Morgan fingerprint density at radius 2 is 1.95 bits per heavy atom. The normalized spacial score (nSPS) is 15.9. The highest BCUT2D eigenvalue weighted by Crippen LogP contribution is 2.38. The van der Waals surface area contributed by atoms with Crippen LogP contribution in [0.5, 0.6) is 11.5 Å². The number of nitrogens with two attached hydrogens (primary N) is 1. The van der Waals surface area contributed by atoms with Crippen molar-refractivity contribution in [2.75, 3.05) is 33.5 Å². The molecule has 1 fully saturated rings. The number of pyridine rings is 2. The summed E-state index contributed by atoms with van der Waals surface area (Å²) in [5.41, 5.74) is 5.78. The number of alkyl halides is 2. The molecule has 41 heavy (non-hydrogen) atoms. The Hall–Kier alpha value is -3.87. The van der Waals surface area contributed by atoms with E-state index in [0.29, 0.717) is 18.8 Å². The number of carbonyl (C=O) groups is 2. The van der Waals surface area contributed by atoms with Gasteiger partial charge in [-0.2, -0.15) is 0 Å². The fourth-order valence-electron chi connectivity index (χ4n) is 4.45. The van der Waals surface area contributed by atoms with E-state index >= 15 is 0 Å². The number of ether oxygens (including phenoxy) is 4. The summed E-state index contributed by atoms with van der Waals surface area (Å²) in [5.74, 6) is -0.762. The van der Waals surface area contributed by atoms with E-state index in [1.807, 2.05) is 0 Å². The number of aromatic nitrogens is 2. The molecule has 13 heteroatoms. The Balaban J connectivity index is 1.72. The maximum absolute atomic E-state index is 13.6. The summed E-state index contributed by atoms with van der Waals surface area (Å²) in [6.45, 7) is 0.155. The lowest BCUT2D eigenvalue weighted by Crippen LogP contribution is -2.37. The number of amides is 1. The van der Waals surface area contributed by atoms with E-state index in [0.717, 1.165) is 0 Å². The van der Waals surface area contributed by atoms with Crippen molar-refractivity contribution in [2.24, 2.45) is 5.73 Å². The fraction of sp³-hybridized carbons (Fsp3) is 0.357. The van der Waals surface area contributed by atoms with Gasteiger partial charge in [-0.05, 0) is 29.8 Å². The molecule has 2 unspecified atom stereocenters. The summed E-state index contributed by atoms with van der Waals surface area (Å²) in [5, 5.41) is 0.286. The van der Waals surface area contributed by atoms with E-state index in [2.05, 4.69) is 4.98 Å². The number of benzene rings is 1. The molecule has 0 saturated carbocycles. The van der Waals surface area contributed by atoms with E-state index in [4.69, 9.17) is 36.3 Å². The number of halogens is 3. The largest absolute Gasteiger partial charge is 0.495 e. The van der Waals surface area contributed by atoms with Crippen LogP contribution >= 0.6 is 11.6 Å². The van der Waals surface area contributed by atoms with Gasteiger partial charge >= 0.3 is 0 Å². The number of rotatable bonds is 12. The van der Waals surface area contributed by atoms with Crippen LogP contribution in [0.25, 0.3) is 11.1 Å². The molecular weight excluding hydrogens is 564 g/mol. The SMILES string of the molecule is COc1cn(C(CC2COCCO2)C(=O)Cc2ccc(C(N)=O)nc2)c(=O)cc1-c1cc(Cl)ccc1OCC(F)F. The zero-order chi connectivity index (χ0) is 29.5. The van der Waals surface area contributed by atoms with Crippen LogP contribution in [0.2, 0.25) is 5.02 Å². The number of Topliss-reactive ketones (excluding diaryl/α,β-unsaturated/α-hetero) is 1. The highest BCUT2D eigenvalue weighted by molar-refractivity contribution is 6.31. The minimum atomic E-state index is -2.71. The monoisotopic (exact) mass is 591 g/mol. The van der Waals surface area contributed by atoms with Gasteiger partial charge in [0.25, 0.3) is 17.9 Å². The van der Waals surface area contributed by atoms with Crippen LogP contribution in [0.15, 0.2) is 53.6 Å². The highest BCUT2D eigenvalue weighted by Gasteiger charge is 2.29. The molecule has 1 aliphatic heterocycles. The molecular formula is C28H28ClF2N3O7. The smallest absolute Gasteiger partial charge is 0.272 e. The second-order valence-corrected chi connectivity index (χ2v) is 9.66. The molecule has 1 saturated heterocycles. The molecule has 0 bridgehead atoms. The van der Waals surface area contributed by atoms with Crippen molar-refractivity contribution in [1.29, 1.82) is 0 Å². The van der Waals surface area contributed by atoms with E-state index < -0.39 is 36.6 Å². The van der Waals surface area contributed by atoms with Gasteiger partial charge in [0, 0.05) is 41.3 Å². The van der Waals surface area contributed by atoms with Crippen molar-refractivity contribution in [3.63, 3.8) is 0 Å². The molecule has 2 aromatic heterocycles. The van der Waals surface area contributed by atoms with E-state index in [9.17, 15) is 23.2 Å². The van der Waals surface area contributed by atoms with Crippen LogP contribution < -0.4 is 20.8 Å². The first-order valence-electron chi connectivity index (χ1n) is 12.6. The predicted molar refractivity (Wildman–Crippen MR) is 145 cm³/mol. The van der Waals surface area contributed by atoms with Gasteiger partial charge in [0.2, 0.25) is 0 Å². The zero-order valence-corrected chi connectivity index (χ0v) is 22.8. The third-order valence-corrected chi connectivity index (χ3v) is 6.63. The lowest BCUT2D eigenvalue weighted by atomic mass is 9.98. The number of carbonyl (C=O) groups excluding carboxylic acids is 2.